The lowest BCUT2D eigenvalue weighted by Gasteiger charge is -2.27. The molecular formula is C7H14N2O2. The number of rotatable bonds is 1. The number of hydrogen-bond donors (Lipinski definition) is 1. The first-order valence-corrected chi connectivity index (χ1v) is 3.72. The molecule has 1 atom stereocenters. The summed E-state index contributed by atoms with van der Waals surface area (Å²) in [7, 11) is 1.39. The fourth-order valence-corrected chi connectivity index (χ4v) is 1.42. The zero-order valence-electron chi connectivity index (χ0n) is 6.96. The van der Waals surface area contributed by atoms with Crippen molar-refractivity contribution in [3.8, 4) is 0 Å². The van der Waals surface area contributed by atoms with Crippen LogP contribution in [0.5, 0.6) is 0 Å². The SMILES string of the molecule is COC(=O)[C@@]1(C)CCCN1N. The van der Waals surface area contributed by atoms with Crippen molar-refractivity contribution in [2.45, 2.75) is 25.3 Å². The van der Waals surface area contributed by atoms with Gasteiger partial charge in [0.2, 0.25) is 0 Å². The summed E-state index contributed by atoms with van der Waals surface area (Å²) in [5.41, 5.74) is -0.589. The highest BCUT2D eigenvalue weighted by Crippen LogP contribution is 2.26. The summed E-state index contributed by atoms with van der Waals surface area (Å²) in [6.07, 6.45) is 1.75. The normalized spacial score (nSPS) is 32.3. The van der Waals surface area contributed by atoms with Gasteiger partial charge in [-0.05, 0) is 19.8 Å². The number of hydrogen-bond acceptors (Lipinski definition) is 4. The first kappa shape index (κ1) is 8.49. The molecule has 1 rings (SSSR count). The molecule has 0 bridgehead atoms. The van der Waals surface area contributed by atoms with Crippen LogP contribution in [-0.2, 0) is 9.53 Å². The molecule has 0 radical (unpaired) electrons. The number of nitrogens with two attached hydrogens (primary N) is 1. The Kier molecular flexibility index (Phi) is 2.15. The van der Waals surface area contributed by atoms with Gasteiger partial charge in [-0.3, -0.25) is 10.6 Å². The van der Waals surface area contributed by atoms with Crippen LogP contribution in [0.3, 0.4) is 0 Å². The van der Waals surface area contributed by atoms with E-state index in [0.717, 1.165) is 19.4 Å². The van der Waals surface area contributed by atoms with Gasteiger partial charge in [-0.1, -0.05) is 0 Å². The Labute approximate surface area is 66.3 Å². The second-order valence-electron chi connectivity index (χ2n) is 3.06. The minimum absolute atomic E-state index is 0.238. The minimum atomic E-state index is -0.589. The Morgan fingerprint density at radius 2 is 2.36 bits per heavy atom. The highest BCUT2D eigenvalue weighted by Gasteiger charge is 2.42. The van der Waals surface area contributed by atoms with Gasteiger partial charge in [0.05, 0.1) is 7.11 Å². The fraction of sp³-hybridized carbons (Fsp3) is 0.857. The van der Waals surface area contributed by atoms with E-state index in [1.165, 1.54) is 7.11 Å². The van der Waals surface area contributed by atoms with Crippen molar-refractivity contribution >= 4 is 5.97 Å². The fourth-order valence-electron chi connectivity index (χ4n) is 1.42. The van der Waals surface area contributed by atoms with E-state index in [1.54, 1.807) is 5.01 Å². The molecule has 11 heavy (non-hydrogen) atoms. The van der Waals surface area contributed by atoms with Crippen molar-refractivity contribution in [3.63, 3.8) is 0 Å². The van der Waals surface area contributed by atoms with Gasteiger partial charge in [-0.2, -0.15) is 0 Å². The standard InChI is InChI=1S/C7H14N2O2/c1-7(6(10)11-2)4-3-5-9(7)8/h3-5,8H2,1-2H3/t7-/m1/s1. The molecule has 0 spiro atoms. The van der Waals surface area contributed by atoms with Crippen molar-refractivity contribution < 1.29 is 9.53 Å². The van der Waals surface area contributed by atoms with Gasteiger partial charge >= 0.3 is 5.97 Å². The van der Waals surface area contributed by atoms with Crippen LogP contribution in [0.1, 0.15) is 19.8 Å². The number of esters is 1. The molecule has 1 saturated heterocycles. The van der Waals surface area contributed by atoms with E-state index in [0.29, 0.717) is 0 Å². The van der Waals surface area contributed by atoms with E-state index in [-0.39, 0.29) is 5.97 Å². The van der Waals surface area contributed by atoms with Gasteiger partial charge in [0, 0.05) is 6.54 Å². The highest BCUT2D eigenvalue weighted by molar-refractivity contribution is 5.80. The Morgan fingerprint density at radius 3 is 2.73 bits per heavy atom. The summed E-state index contributed by atoms with van der Waals surface area (Å²) in [5.74, 6) is 5.38. The van der Waals surface area contributed by atoms with E-state index in [9.17, 15) is 4.79 Å². The molecule has 0 unspecified atom stereocenters. The molecule has 0 aromatic heterocycles. The van der Waals surface area contributed by atoms with Crippen LogP contribution < -0.4 is 5.84 Å². The minimum Gasteiger partial charge on any atom is -0.468 e. The average molecular weight is 158 g/mol. The van der Waals surface area contributed by atoms with Crippen molar-refractivity contribution in [1.29, 1.82) is 0 Å². The summed E-state index contributed by atoms with van der Waals surface area (Å²) in [4.78, 5) is 11.2. The molecule has 1 heterocycles. The van der Waals surface area contributed by atoms with Gasteiger partial charge in [0.1, 0.15) is 5.54 Å². The lowest BCUT2D eigenvalue weighted by molar-refractivity contribution is -0.152. The third-order valence-electron chi connectivity index (χ3n) is 2.32. The Morgan fingerprint density at radius 1 is 1.73 bits per heavy atom. The molecule has 1 aliphatic heterocycles. The topological polar surface area (TPSA) is 55.6 Å². The molecule has 0 amide bonds. The smallest absolute Gasteiger partial charge is 0.327 e. The van der Waals surface area contributed by atoms with Gasteiger partial charge in [-0.25, -0.2) is 5.01 Å². The molecule has 1 aliphatic rings. The molecule has 1 fully saturated rings. The summed E-state index contributed by atoms with van der Waals surface area (Å²) >= 11 is 0. The molecular weight excluding hydrogens is 144 g/mol. The highest BCUT2D eigenvalue weighted by atomic mass is 16.5. The summed E-state index contributed by atoms with van der Waals surface area (Å²) in [5, 5.41) is 1.55. The van der Waals surface area contributed by atoms with Crippen molar-refractivity contribution in [2.24, 2.45) is 5.84 Å². The Hall–Kier alpha value is -0.610. The van der Waals surface area contributed by atoms with E-state index in [1.807, 2.05) is 6.92 Å². The summed E-state index contributed by atoms with van der Waals surface area (Å²) in [6.45, 7) is 2.58. The first-order chi connectivity index (χ1) is 5.11. The monoisotopic (exact) mass is 158 g/mol. The number of nitrogens with zero attached hydrogens (tertiary/aromatic N) is 1. The molecule has 0 aromatic rings. The summed E-state index contributed by atoms with van der Waals surface area (Å²) in [6, 6.07) is 0. The van der Waals surface area contributed by atoms with Gasteiger partial charge in [0.25, 0.3) is 0 Å². The number of ether oxygens (including phenoxy) is 1. The van der Waals surface area contributed by atoms with Crippen molar-refractivity contribution in [3.05, 3.63) is 0 Å². The molecule has 4 heteroatoms. The second kappa shape index (κ2) is 2.79. The summed E-state index contributed by atoms with van der Waals surface area (Å²) < 4.78 is 4.65. The number of methoxy groups -OCH3 is 1. The Bertz CT molecular complexity index is 172. The predicted octanol–water partition coefficient (Wildman–Crippen LogP) is -0.112. The van der Waals surface area contributed by atoms with Gasteiger partial charge in [0.15, 0.2) is 0 Å². The van der Waals surface area contributed by atoms with Crippen LogP contribution in [-0.4, -0.2) is 30.2 Å². The average Bonchev–Trinajstić information content (AvgIpc) is 2.32. The number of carbonyl (C=O) groups excluding carboxylic acids is 1. The molecule has 0 aliphatic carbocycles. The number of carbonyl (C=O) groups is 1. The maximum atomic E-state index is 11.2. The van der Waals surface area contributed by atoms with Crippen LogP contribution >= 0.6 is 0 Å². The zero-order chi connectivity index (χ0) is 8.48. The third-order valence-corrected chi connectivity index (χ3v) is 2.32. The lowest BCUT2D eigenvalue weighted by Crippen LogP contribution is -2.52. The van der Waals surface area contributed by atoms with E-state index in [4.69, 9.17) is 5.84 Å². The van der Waals surface area contributed by atoms with E-state index >= 15 is 0 Å². The molecule has 2 N–H and O–H groups in total. The second-order valence-corrected chi connectivity index (χ2v) is 3.06. The van der Waals surface area contributed by atoms with Crippen LogP contribution in [0.4, 0.5) is 0 Å². The van der Waals surface area contributed by atoms with Crippen LogP contribution in [0, 0.1) is 0 Å². The quantitative estimate of drug-likeness (QED) is 0.427. The molecule has 0 saturated carbocycles. The molecule has 4 nitrogen and oxygen atoms in total. The van der Waals surface area contributed by atoms with Gasteiger partial charge in [-0.15, -0.1) is 0 Å². The van der Waals surface area contributed by atoms with E-state index < -0.39 is 5.54 Å². The van der Waals surface area contributed by atoms with Crippen LogP contribution in [0.2, 0.25) is 0 Å². The number of hydrazine groups is 1. The maximum absolute atomic E-state index is 11.2. The third kappa shape index (κ3) is 1.23. The largest absolute Gasteiger partial charge is 0.468 e. The molecule has 64 valence electrons. The van der Waals surface area contributed by atoms with Crippen LogP contribution in [0.25, 0.3) is 0 Å². The lowest BCUT2D eigenvalue weighted by atomic mass is 10.0. The molecule has 0 aromatic carbocycles. The maximum Gasteiger partial charge on any atom is 0.327 e. The van der Waals surface area contributed by atoms with Crippen molar-refractivity contribution in [2.75, 3.05) is 13.7 Å². The van der Waals surface area contributed by atoms with Crippen molar-refractivity contribution in [1.82, 2.24) is 5.01 Å². The first-order valence-electron chi connectivity index (χ1n) is 3.72. The zero-order valence-corrected chi connectivity index (χ0v) is 6.96. The Balaban J connectivity index is 2.72. The van der Waals surface area contributed by atoms with Gasteiger partial charge < -0.3 is 4.74 Å². The van der Waals surface area contributed by atoms with E-state index in [2.05, 4.69) is 4.74 Å². The van der Waals surface area contributed by atoms with Crippen LogP contribution in [0.15, 0.2) is 0 Å². The predicted molar refractivity (Wildman–Crippen MR) is 40.5 cm³/mol.